The average molecular weight is 495 g/mol. The second kappa shape index (κ2) is 15.3. The summed E-state index contributed by atoms with van der Waals surface area (Å²) in [6.45, 7) is 8.84. The Balaban J connectivity index is 2.10. The molecular formula is C27H43ClN2O4. The lowest BCUT2D eigenvalue weighted by Gasteiger charge is -2.24. The summed E-state index contributed by atoms with van der Waals surface area (Å²) in [4.78, 5) is 28.4. The molecule has 1 amide bonds. The second-order valence-electron chi connectivity index (χ2n) is 9.09. The number of amides is 1. The number of halogens is 1. The van der Waals surface area contributed by atoms with Gasteiger partial charge in [-0.2, -0.15) is 0 Å². The Morgan fingerprint density at radius 3 is 2.44 bits per heavy atom. The number of nitrogens with zero attached hydrogens (tertiary/aromatic N) is 1. The first kappa shape index (κ1) is 28.4. The molecule has 6 nitrogen and oxygen atoms in total. The molecule has 1 fully saturated rings. The van der Waals surface area contributed by atoms with E-state index in [4.69, 9.17) is 21.1 Å². The minimum absolute atomic E-state index is 0.209. The summed E-state index contributed by atoms with van der Waals surface area (Å²) < 4.78 is 11.3. The Morgan fingerprint density at radius 1 is 1.09 bits per heavy atom. The molecule has 1 aromatic rings. The molecule has 0 radical (unpaired) electrons. The van der Waals surface area contributed by atoms with Gasteiger partial charge in [0, 0.05) is 19.0 Å². The summed E-state index contributed by atoms with van der Waals surface area (Å²) in [6.07, 6.45) is 11.0. The van der Waals surface area contributed by atoms with Gasteiger partial charge < -0.3 is 14.8 Å². The third kappa shape index (κ3) is 8.16. The minimum Gasteiger partial charge on any atom is -0.494 e. The molecule has 0 bridgehead atoms. The number of hydrogen-bond acceptors (Lipinski definition) is 5. The maximum Gasteiger partial charge on any atom is 0.311 e. The molecule has 1 aliphatic rings. The zero-order valence-electron chi connectivity index (χ0n) is 21.5. The van der Waals surface area contributed by atoms with E-state index in [2.05, 4.69) is 24.1 Å². The van der Waals surface area contributed by atoms with Crippen molar-refractivity contribution in [3.63, 3.8) is 0 Å². The first-order valence-electron chi connectivity index (χ1n) is 13.1. The van der Waals surface area contributed by atoms with Gasteiger partial charge in [-0.15, -0.1) is 0 Å². The van der Waals surface area contributed by atoms with Crippen LogP contribution in [0.5, 0.6) is 11.5 Å². The maximum atomic E-state index is 13.3. The molecule has 1 heterocycles. The molecule has 0 saturated carbocycles. The number of methoxy groups -OCH3 is 1. The lowest BCUT2D eigenvalue weighted by molar-refractivity contribution is -0.134. The Labute approximate surface area is 210 Å². The average Bonchev–Trinajstić information content (AvgIpc) is 3.30. The van der Waals surface area contributed by atoms with Crippen molar-refractivity contribution in [3.05, 3.63) is 22.2 Å². The molecule has 0 aliphatic carbocycles. The number of carbonyl (C=O) groups excluding carboxylic acids is 2. The van der Waals surface area contributed by atoms with Gasteiger partial charge in [-0.05, 0) is 50.4 Å². The first-order chi connectivity index (χ1) is 16.5. The molecule has 192 valence electrons. The smallest absolute Gasteiger partial charge is 0.311 e. The van der Waals surface area contributed by atoms with Crippen molar-refractivity contribution < 1.29 is 19.1 Å². The number of nitrogens with one attached hydrogen (secondary N) is 1. The third-order valence-electron chi connectivity index (χ3n) is 6.68. The molecule has 1 N–H and O–H groups in total. The zero-order chi connectivity index (χ0) is 24.9. The fourth-order valence-electron chi connectivity index (χ4n) is 4.68. The van der Waals surface area contributed by atoms with Crippen LogP contribution in [0.25, 0.3) is 0 Å². The molecule has 1 aromatic carbocycles. The van der Waals surface area contributed by atoms with Crippen molar-refractivity contribution >= 4 is 23.5 Å². The van der Waals surface area contributed by atoms with E-state index in [-0.39, 0.29) is 28.9 Å². The van der Waals surface area contributed by atoms with Crippen molar-refractivity contribution in [3.8, 4) is 11.5 Å². The number of aryl methyl sites for hydroxylation is 1. The van der Waals surface area contributed by atoms with Gasteiger partial charge in [0.05, 0.1) is 12.1 Å². The van der Waals surface area contributed by atoms with E-state index in [0.717, 1.165) is 50.8 Å². The molecule has 1 saturated heterocycles. The minimum atomic E-state index is -0.324. The van der Waals surface area contributed by atoms with Crippen molar-refractivity contribution in [2.75, 3.05) is 26.7 Å². The predicted octanol–water partition coefficient (Wildman–Crippen LogP) is 6.17. The highest BCUT2D eigenvalue weighted by molar-refractivity contribution is 6.33. The number of ether oxygens (including phenoxy) is 2. The van der Waals surface area contributed by atoms with E-state index < -0.39 is 0 Å². The van der Waals surface area contributed by atoms with Crippen LogP contribution < -0.4 is 14.8 Å². The summed E-state index contributed by atoms with van der Waals surface area (Å²) in [5.41, 5.74) is 0.931. The SMILES string of the molecule is CCCCCCCCCC(=O)Oc1c(CC)cc(Cl)c(OC)c1C(=O)NC[C@@H]1CCCN1CC. The maximum absolute atomic E-state index is 13.3. The highest BCUT2D eigenvalue weighted by Crippen LogP contribution is 2.39. The number of carbonyl (C=O) groups is 2. The van der Waals surface area contributed by atoms with Crippen LogP contribution in [-0.2, 0) is 11.2 Å². The first-order valence-corrected chi connectivity index (χ1v) is 13.5. The Kier molecular flexibility index (Phi) is 12.8. The van der Waals surface area contributed by atoms with Crippen LogP contribution in [0.2, 0.25) is 5.02 Å². The van der Waals surface area contributed by atoms with Crippen LogP contribution >= 0.6 is 11.6 Å². The number of likely N-dealkylation sites (tertiary alicyclic amines) is 1. The van der Waals surface area contributed by atoms with Crippen molar-refractivity contribution in [2.24, 2.45) is 0 Å². The number of rotatable bonds is 15. The van der Waals surface area contributed by atoms with Crippen LogP contribution in [0.1, 0.15) is 101 Å². The molecule has 1 atom stereocenters. The van der Waals surface area contributed by atoms with Crippen LogP contribution in [0.15, 0.2) is 6.07 Å². The second-order valence-corrected chi connectivity index (χ2v) is 9.50. The van der Waals surface area contributed by atoms with E-state index in [1.54, 1.807) is 6.07 Å². The zero-order valence-corrected chi connectivity index (χ0v) is 22.3. The molecule has 7 heteroatoms. The van der Waals surface area contributed by atoms with Crippen molar-refractivity contribution in [2.45, 2.75) is 97.4 Å². The quantitative estimate of drug-likeness (QED) is 0.179. The van der Waals surface area contributed by atoms with E-state index in [1.165, 1.54) is 32.8 Å². The molecule has 0 spiro atoms. The van der Waals surface area contributed by atoms with Crippen LogP contribution in [0, 0.1) is 0 Å². The fourth-order valence-corrected chi connectivity index (χ4v) is 4.99. The molecule has 0 unspecified atom stereocenters. The number of unbranched alkanes of at least 4 members (excludes halogenated alkanes) is 6. The summed E-state index contributed by atoms with van der Waals surface area (Å²) in [7, 11) is 1.48. The van der Waals surface area contributed by atoms with Crippen molar-refractivity contribution in [1.29, 1.82) is 0 Å². The highest BCUT2D eigenvalue weighted by atomic mass is 35.5. The Hall–Kier alpha value is -1.79. The van der Waals surface area contributed by atoms with Crippen LogP contribution in [0.4, 0.5) is 0 Å². The largest absolute Gasteiger partial charge is 0.494 e. The summed E-state index contributed by atoms with van der Waals surface area (Å²) >= 11 is 6.44. The topological polar surface area (TPSA) is 67.9 Å². The number of benzene rings is 1. The van der Waals surface area contributed by atoms with E-state index >= 15 is 0 Å². The van der Waals surface area contributed by atoms with Gasteiger partial charge >= 0.3 is 5.97 Å². The monoisotopic (exact) mass is 494 g/mol. The lowest BCUT2D eigenvalue weighted by atomic mass is 10.0. The molecule has 34 heavy (non-hydrogen) atoms. The van der Waals surface area contributed by atoms with E-state index in [9.17, 15) is 9.59 Å². The lowest BCUT2D eigenvalue weighted by Crippen LogP contribution is -2.40. The number of hydrogen-bond donors (Lipinski definition) is 1. The van der Waals surface area contributed by atoms with Gasteiger partial charge in [-0.25, -0.2) is 0 Å². The number of likely N-dealkylation sites (N-methyl/N-ethyl adjacent to an activating group) is 1. The fraction of sp³-hybridized carbons (Fsp3) is 0.704. The van der Waals surface area contributed by atoms with Crippen LogP contribution in [-0.4, -0.2) is 49.6 Å². The van der Waals surface area contributed by atoms with Gasteiger partial charge in [-0.1, -0.05) is 70.9 Å². The normalized spacial score (nSPS) is 16.0. The molecule has 1 aliphatic heterocycles. The Morgan fingerprint density at radius 2 is 1.79 bits per heavy atom. The standard InChI is InChI=1S/C27H43ClN2O4/c1-5-8-9-10-11-12-13-16-23(31)34-25-20(6-2)18-22(28)26(33-4)24(25)27(32)29-19-21-15-14-17-30(21)7-3/h18,21H,5-17,19H2,1-4H3,(H,29,32)/t21-/m0/s1. The number of esters is 1. The van der Waals surface area contributed by atoms with E-state index in [1.807, 2.05) is 6.92 Å². The molecule has 2 rings (SSSR count). The van der Waals surface area contributed by atoms with Gasteiger partial charge in [0.25, 0.3) is 5.91 Å². The van der Waals surface area contributed by atoms with Gasteiger partial charge in [0.1, 0.15) is 5.56 Å². The third-order valence-corrected chi connectivity index (χ3v) is 6.96. The molecule has 0 aromatic heterocycles. The summed E-state index contributed by atoms with van der Waals surface area (Å²) in [5, 5.41) is 3.38. The van der Waals surface area contributed by atoms with Crippen molar-refractivity contribution in [1.82, 2.24) is 10.2 Å². The van der Waals surface area contributed by atoms with Crippen LogP contribution in [0.3, 0.4) is 0 Å². The summed E-state index contributed by atoms with van der Waals surface area (Å²) in [5.74, 6) is -0.132. The van der Waals surface area contributed by atoms with Gasteiger partial charge in [0.2, 0.25) is 0 Å². The predicted molar refractivity (Wildman–Crippen MR) is 138 cm³/mol. The Bertz CT molecular complexity index is 799. The van der Waals surface area contributed by atoms with E-state index in [0.29, 0.717) is 30.5 Å². The highest BCUT2D eigenvalue weighted by Gasteiger charge is 2.28. The molecular weight excluding hydrogens is 452 g/mol. The summed E-state index contributed by atoms with van der Waals surface area (Å²) in [6, 6.07) is 2.04. The van der Waals surface area contributed by atoms with Gasteiger partial charge in [0.15, 0.2) is 11.5 Å². The van der Waals surface area contributed by atoms with Gasteiger partial charge in [-0.3, -0.25) is 14.5 Å².